The van der Waals surface area contributed by atoms with Gasteiger partial charge in [-0.15, -0.1) is 0 Å². The van der Waals surface area contributed by atoms with Crippen LogP contribution in [0.25, 0.3) is 11.1 Å². The van der Waals surface area contributed by atoms with E-state index in [0.29, 0.717) is 0 Å². The van der Waals surface area contributed by atoms with Crippen molar-refractivity contribution in [2.45, 2.75) is 31.9 Å². The first kappa shape index (κ1) is 16.1. The lowest BCUT2D eigenvalue weighted by Gasteiger charge is -2.11. The lowest BCUT2D eigenvalue weighted by molar-refractivity contribution is 0.533. The normalized spacial score (nSPS) is 16.0. The predicted molar refractivity (Wildman–Crippen MR) is 90.9 cm³/mol. The zero-order valence-corrected chi connectivity index (χ0v) is 13.8. The number of halogens is 1. The van der Waals surface area contributed by atoms with Crippen molar-refractivity contribution in [2.75, 3.05) is 0 Å². The number of allylic oxidation sites excluding steroid dienone is 2. The molecule has 0 radical (unpaired) electrons. The van der Waals surface area contributed by atoms with Crippen LogP contribution < -0.4 is 0 Å². The van der Waals surface area contributed by atoms with E-state index < -0.39 is 16.9 Å². The van der Waals surface area contributed by atoms with Crippen LogP contribution in [0.5, 0.6) is 0 Å². The van der Waals surface area contributed by atoms with E-state index >= 15 is 0 Å². The van der Waals surface area contributed by atoms with Gasteiger partial charge in [-0.25, -0.2) is 4.39 Å². The third kappa shape index (κ3) is 3.59. The highest BCUT2D eigenvalue weighted by Crippen LogP contribution is 2.40. The lowest BCUT2D eigenvalue weighted by atomic mass is 9.96. The van der Waals surface area contributed by atoms with Crippen LogP contribution in [0, 0.1) is 12.7 Å². The molecule has 2 aromatic rings. The summed E-state index contributed by atoms with van der Waals surface area (Å²) in [7, 11) is 0. The summed E-state index contributed by atoms with van der Waals surface area (Å²) in [6.45, 7) is 2.06. The van der Waals surface area contributed by atoms with Gasteiger partial charge in [0.05, 0.1) is 0 Å². The van der Waals surface area contributed by atoms with Gasteiger partial charge in [-0.1, -0.05) is 53.0 Å². The predicted octanol–water partition coefficient (Wildman–Crippen LogP) is 4.61. The van der Waals surface area contributed by atoms with Crippen molar-refractivity contribution in [3.05, 3.63) is 70.5 Å². The monoisotopic (exact) mass is 329 g/mol. The second-order valence-corrected chi connectivity index (χ2v) is 6.83. The summed E-state index contributed by atoms with van der Waals surface area (Å²) in [5.41, 5.74) is 5.92. The van der Waals surface area contributed by atoms with Crippen LogP contribution in [0.4, 0.5) is 4.39 Å². The molecular weight excluding hydrogens is 311 g/mol. The van der Waals surface area contributed by atoms with Crippen molar-refractivity contribution in [1.29, 1.82) is 0 Å². The van der Waals surface area contributed by atoms with E-state index in [1.54, 1.807) is 6.07 Å². The fraction of sp³-hybridized carbons (Fsp3) is 0.263. The Bertz CT molecular complexity index is 778. The van der Waals surface area contributed by atoms with Crippen LogP contribution in [0.1, 0.15) is 41.5 Å². The van der Waals surface area contributed by atoms with Crippen molar-refractivity contribution in [3.8, 4) is 0 Å². The topological polar surface area (TPSA) is 40.1 Å². The lowest BCUT2D eigenvalue weighted by Crippen LogP contribution is -1.98. The molecule has 0 saturated carbocycles. The molecule has 1 aliphatic carbocycles. The maximum Gasteiger partial charge on any atom is 0.127 e. The van der Waals surface area contributed by atoms with E-state index in [1.807, 2.05) is 6.07 Å². The Morgan fingerprint density at radius 1 is 1.04 bits per heavy atom. The minimum Gasteiger partial charge on any atom is -0.772 e. The zero-order valence-electron chi connectivity index (χ0n) is 13.0. The van der Waals surface area contributed by atoms with Gasteiger partial charge in [0, 0.05) is 5.75 Å². The van der Waals surface area contributed by atoms with Crippen molar-refractivity contribution in [3.63, 3.8) is 0 Å². The van der Waals surface area contributed by atoms with E-state index in [4.69, 9.17) is 0 Å². The Hall–Kier alpha value is -1.78. The molecule has 0 aromatic heterocycles. The fourth-order valence-electron chi connectivity index (χ4n) is 3.11. The number of aryl methyl sites for hydroxylation is 1. The third-order valence-electron chi connectivity index (χ3n) is 4.29. The van der Waals surface area contributed by atoms with E-state index in [1.165, 1.54) is 28.3 Å². The molecular formula is C19H18FO2S-. The average Bonchev–Trinajstić information content (AvgIpc) is 2.99. The van der Waals surface area contributed by atoms with Gasteiger partial charge in [-0.3, -0.25) is 4.21 Å². The van der Waals surface area contributed by atoms with Crippen molar-refractivity contribution in [2.24, 2.45) is 0 Å². The molecule has 1 unspecified atom stereocenters. The first-order valence-corrected chi connectivity index (χ1v) is 8.93. The van der Waals surface area contributed by atoms with E-state index in [2.05, 4.69) is 31.2 Å². The molecule has 2 aromatic carbocycles. The summed E-state index contributed by atoms with van der Waals surface area (Å²) in [4.78, 5) is 0. The molecule has 0 heterocycles. The molecule has 4 heteroatoms. The van der Waals surface area contributed by atoms with Crippen LogP contribution in [0.2, 0.25) is 0 Å². The molecule has 0 amide bonds. The van der Waals surface area contributed by atoms with Gasteiger partial charge in [-0.05, 0) is 60.1 Å². The smallest absolute Gasteiger partial charge is 0.127 e. The minimum atomic E-state index is -2.28. The Morgan fingerprint density at radius 3 is 2.26 bits per heavy atom. The molecule has 1 aliphatic rings. The summed E-state index contributed by atoms with van der Waals surface area (Å²) in [6, 6.07) is 13.3. The highest BCUT2D eigenvalue weighted by molar-refractivity contribution is 7.78. The Balaban J connectivity index is 1.98. The van der Waals surface area contributed by atoms with Gasteiger partial charge < -0.3 is 4.55 Å². The minimum absolute atomic E-state index is 0.220. The fourth-order valence-corrected chi connectivity index (χ4v) is 3.60. The quantitative estimate of drug-likeness (QED) is 0.769. The van der Waals surface area contributed by atoms with E-state index in [9.17, 15) is 13.2 Å². The SMILES string of the molecule is Cc1ccc(C2=C(c3ccc(CS(=O)[O-])c(F)c3)CCC2)cc1. The van der Waals surface area contributed by atoms with Gasteiger partial charge in [-0.2, -0.15) is 0 Å². The molecule has 0 N–H and O–H groups in total. The first-order valence-electron chi connectivity index (χ1n) is 7.68. The molecule has 0 saturated heterocycles. The largest absolute Gasteiger partial charge is 0.772 e. The van der Waals surface area contributed by atoms with Crippen LogP contribution >= 0.6 is 0 Å². The molecule has 120 valence electrons. The number of hydrogen-bond donors (Lipinski definition) is 0. The average molecular weight is 329 g/mol. The van der Waals surface area contributed by atoms with E-state index in [0.717, 1.165) is 24.8 Å². The molecule has 2 nitrogen and oxygen atoms in total. The summed E-state index contributed by atoms with van der Waals surface area (Å²) in [6.07, 6.45) is 2.98. The van der Waals surface area contributed by atoms with Crippen LogP contribution in [0.3, 0.4) is 0 Å². The second kappa shape index (κ2) is 6.77. The molecule has 0 aliphatic heterocycles. The molecule has 23 heavy (non-hydrogen) atoms. The number of rotatable bonds is 4. The third-order valence-corrected chi connectivity index (χ3v) is 4.84. The maximum absolute atomic E-state index is 14.2. The van der Waals surface area contributed by atoms with Gasteiger partial charge in [0.25, 0.3) is 0 Å². The Labute approximate surface area is 138 Å². The maximum atomic E-state index is 14.2. The molecule has 0 spiro atoms. The van der Waals surface area contributed by atoms with Crippen LogP contribution in [-0.4, -0.2) is 8.76 Å². The molecule has 0 fully saturated rings. The highest BCUT2D eigenvalue weighted by atomic mass is 32.2. The highest BCUT2D eigenvalue weighted by Gasteiger charge is 2.18. The summed E-state index contributed by atoms with van der Waals surface area (Å²) in [5.74, 6) is -0.731. The summed E-state index contributed by atoms with van der Waals surface area (Å²) in [5, 5.41) is 0. The van der Waals surface area contributed by atoms with Gasteiger partial charge in [0.2, 0.25) is 0 Å². The van der Waals surface area contributed by atoms with Crippen molar-refractivity contribution >= 4 is 22.2 Å². The van der Waals surface area contributed by atoms with Crippen molar-refractivity contribution < 1.29 is 13.2 Å². The molecule has 1 atom stereocenters. The van der Waals surface area contributed by atoms with Crippen LogP contribution in [-0.2, 0) is 16.8 Å². The second-order valence-electron chi connectivity index (χ2n) is 5.93. The molecule has 0 bridgehead atoms. The molecule has 3 rings (SSSR count). The van der Waals surface area contributed by atoms with E-state index in [-0.39, 0.29) is 11.3 Å². The van der Waals surface area contributed by atoms with Gasteiger partial charge in [0.1, 0.15) is 5.82 Å². The summed E-state index contributed by atoms with van der Waals surface area (Å²) < 4.78 is 35.7. The van der Waals surface area contributed by atoms with Crippen molar-refractivity contribution in [1.82, 2.24) is 0 Å². The zero-order chi connectivity index (χ0) is 16.4. The van der Waals surface area contributed by atoms with Gasteiger partial charge >= 0.3 is 0 Å². The number of hydrogen-bond acceptors (Lipinski definition) is 2. The Morgan fingerprint density at radius 2 is 1.65 bits per heavy atom. The Kier molecular flexibility index (Phi) is 4.74. The standard InChI is InChI=1S/C19H19FO2S/c1-13-5-7-14(8-6-13)17-3-2-4-18(17)15-9-10-16(12-23(21)22)19(20)11-15/h5-11H,2-4,12H2,1H3,(H,21,22)/p-1. The van der Waals surface area contributed by atoms with Crippen LogP contribution in [0.15, 0.2) is 42.5 Å². The van der Waals surface area contributed by atoms with Gasteiger partial charge in [0.15, 0.2) is 0 Å². The summed E-state index contributed by atoms with van der Waals surface area (Å²) >= 11 is -2.28. The first-order chi connectivity index (χ1) is 11.0. The number of benzene rings is 2.